The molecule has 0 aromatic rings. The zero-order valence-electron chi connectivity index (χ0n) is 68.1. The average molecular weight is 1590 g/mol. The van der Waals surface area contributed by atoms with Crippen molar-refractivity contribution in [3.8, 4) is 0 Å². The quantitative estimate of drug-likeness (QED) is 0.0143. The number of Topliss-reactive ketones (excluding diaryl/α,β-unsaturated/α-hetero) is 1. The number of carbonyl (C=O) groups excluding carboxylic acids is 3. The van der Waals surface area contributed by atoms with E-state index >= 15 is 0 Å². The number of hydrazine groups is 1. The maximum atomic E-state index is 14.1. The van der Waals surface area contributed by atoms with Crippen LogP contribution in [0.3, 0.4) is 0 Å². The Labute approximate surface area is 662 Å². The summed E-state index contributed by atoms with van der Waals surface area (Å²) in [6.07, 6.45) is 39.3. The number of hydrogen-bond acceptors (Lipinski definition) is 26. The van der Waals surface area contributed by atoms with Crippen molar-refractivity contribution >= 4 is 29.5 Å². The van der Waals surface area contributed by atoms with E-state index in [4.69, 9.17) is 102 Å². The van der Waals surface area contributed by atoms with E-state index in [-0.39, 0.29) is 49.4 Å². The van der Waals surface area contributed by atoms with Gasteiger partial charge in [0, 0.05) is 37.0 Å². The van der Waals surface area contributed by atoms with Crippen LogP contribution in [0.5, 0.6) is 0 Å². The summed E-state index contributed by atoms with van der Waals surface area (Å²) >= 11 is 1.95. The summed E-state index contributed by atoms with van der Waals surface area (Å²) in [5, 5.41) is 9.65. The average Bonchev–Trinajstić information content (AvgIpc) is 1.65. The first kappa shape index (κ1) is 103. The number of nitrogens with two attached hydrogens (primary N) is 2. The maximum absolute atomic E-state index is 14.1. The Hall–Kier alpha value is -2.12. The second-order valence-electron chi connectivity index (χ2n) is 27.7. The lowest BCUT2D eigenvalue weighted by molar-refractivity contribution is -0.129. The number of urea groups is 1. The largest absolute Gasteiger partial charge is 0.379 e. The van der Waals surface area contributed by atoms with Gasteiger partial charge in [-0.2, -0.15) is 11.8 Å². The van der Waals surface area contributed by atoms with Crippen molar-refractivity contribution in [2.45, 2.75) is 236 Å². The highest BCUT2D eigenvalue weighted by molar-refractivity contribution is 8.00. The van der Waals surface area contributed by atoms with Gasteiger partial charge in [-0.25, -0.2) is 10.6 Å². The van der Waals surface area contributed by atoms with Crippen molar-refractivity contribution in [1.82, 2.24) is 21.5 Å². The molecule has 0 aromatic carbocycles. The molecule has 2 saturated heterocycles. The van der Waals surface area contributed by atoms with Gasteiger partial charge in [0.05, 0.1) is 256 Å². The van der Waals surface area contributed by atoms with Gasteiger partial charge in [0.1, 0.15) is 0 Å². The molecule has 0 saturated carbocycles. The van der Waals surface area contributed by atoms with Crippen LogP contribution in [0, 0.1) is 5.92 Å². The number of thioether (sulfide) groups is 1. The predicted octanol–water partition coefficient (Wildman–Crippen LogP) is 9.98. The van der Waals surface area contributed by atoms with Gasteiger partial charge in [-0.05, 0) is 31.6 Å². The van der Waals surface area contributed by atoms with Crippen molar-refractivity contribution in [1.29, 1.82) is 0 Å². The number of ketones is 1. The molecular formula is C80H158N6O22S. The van der Waals surface area contributed by atoms with Crippen molar-refractivity contribution in [2.75, 3.05) is 257 Å². The molecule has 2 fully saturated rings. The number of carbonyl (C=O) groups is 3. The van der Waals surface area contributed by atoms with Crippen molar-refractivity contribution in [2.24, 2.45) is 17.5 Å². The zero-order valence-corrected chi connectivity index (χ0v) is 69.0. The van der Waals surface area contributed by atoms with Gasteiger partial charge in [0.25, 0.3) is 0 Å². The fourth-order valence-electron chi connectivity index (χ4n) is 12.6. The summed E-state index contributed by atoms with van der Waals surface area (Å²) in [4.78, 5) is 44.7. The van der Waals surface area contributed by atoms with Crippen LogP contribution in [0.4, 0.5) is 4.79 Å². The minimum absolute atomic E-state index is 0.00742. The molecule has 0 aliphatic carbocycles. The lowest BCUT2D eigenvalue weighted by atomic mass is 9.86. The molecule has 109 heavy (non-hydrogen) atoms. The summed E-state index contributed by atoms with van der Waals surface area (Å²) < 4.78 is 100. The first-order valence-electron chi connectivity index (χ1n) is 42.7. The van der Waals surface area contributed by atoms with Crippen LogP contribution in [-0.4, -0.2) is 298 Å². The second-order valence-corrected chi connectivity index (χ2v) is 28.9. The molecule has 28 nitrogen and oxygen atoms in total. The smallest absolute Gasteiger partial charge is 0.315 e. The van der Waals surface area contributed by atoms with Crippen molar-refractivity contribution in [3.05, 3.63) is 0 Å². The number of ether oxygens (including phenoxy) is 18. The normalized spacial score (nSPS) is 15.5. The van der Waals surface area contributed by atoms with Crippen LogP contribution in [0.15, 0.2) is 0 Å². The third-order valence-corrected chi connectivity index (χ3v) is 20.3. The fraction of sp³-hybridized carbons (Fsp3) is 0.963. The van der Waals surface area contributed by atoms with E-state index in [1.807, 2.05) is 11.8 Å². The number of nitrogens with one attached hydrogen (secondary N) is 4. The van der Waals surface area contributed by atoms with Crippen LogP contribution in [0.1, 0.15) is 212 Å². The van der Waals surface area contributed by atoms with Gasteiger partial charge in [-0.3, -0.25) is 14.4 Å². The molecule has 2 rings (SSSR count). The number of rotatable bonds is 94. The third-order valence-electron chi connectivity index (χ3n) is 18.6. The van der Waals surface area contributed by atoms with E-state index in [2.05, 4.69) is 28.5 Å². The molecule has 0 bridgehead atoms. The van der Waals surface area contributed by atoms with Gasteiger partial charge in [-0.15, -0.1) is 5.59 Å². The molecule has 5 atom stereocenters. The topological polar surface area (TPSA) is 327 Å². The van der Waals surface area contributed by atoms with Crippen LogP contribution < -0.4 is 33.1 Å². The minimum Gasteiger partial charge on any atom is -0.379 e. The van der Waals surface area contributed by atoms with E-state index in [0.29, 0.717) is 268 Å². The first-order valence-corrected chi connectivity index (χ1v) is 43.7. The Morgan fingerprint density at radius 2 is 0.642 bits per heavy atom. The SMILES string of the molecule is CCCCCCCCCCCCCCCCCCCCCCCCCCCCC(CCCC(=O)C(CCOCCOCCOCCOCCOCCOCCOCCOCCOCCOCCONN)NC(=O)CCOCCOCCOCCOCCOCCOCCOCCOCCN)[C@@H]1SC[C@@H]2NC(=O)N[C@@H]21. The van der Waals surface area contributed by atoms with Gasteiger partial charge in [-0.1, -0.05) is 174 Å². The standard InChI is InChI=1S/C80H158N6O22S/c1-2-3-4-5-6-7-8-9-10-11-12-13-14-15-16-17-18-19-20-21-22-23-24-25-26-27-29-73(79-78-75(72-109-79)84-80(89)85-78)30-28-31-76(87)74(83-77(88)33-36-91-39-42-94-45-48-97-51-54-100-56-58-101-55-52-98-49-46-95-43-40-92-37-34-81)32-35-90-38-41-93-44-47-96-50-53-99-57-59-102-60-61-103-62-63-104-64-65-105-66-67-106-68-69-107-70-71-108-86-82/h73-75,78-79,86H,2-72,81-82H2,1H3,(H,83,88)(H2,84,85,89)/t73?,74?,75-,78-,79-/m0/s1. The van der Waals surface area contributed by atoms with Crippen LogP contribution in [0.2, 0.25) is 0 Å². The zero-order chi connectivity index (χ0) is 77.8. The Bertz CT molecular complexity index is 1900. The first-order chi connectivity index (χ1) is 54.0. The van der Waals surface area contributed by atoms with Crippen molar-refractivity contribution < 1.29 is 104 Å². The summed E-state index contributed by atoms with van der Waals surface area (Å²) in [5.74, 6) is 6.01. The van der Waals surface area contributed by atoms with Crippen LogP contribution in [-0.2, 0) is 99.7 Å². The highest BCUT2D eigenvalue weighted by atomic mass is 32.2. The van der Waals surface area contributed by atoms with Gasteiger partial charge >= 0.3 is 6.03 Å². The molecule has 2 aliphatic heterocycles. The summed E-state index contributed by atoms with van der Waals surface area (Å²) in [6, 6.07) is -0.544. The second kappa shape index (κ2) is 85.3. The van der Waals surface area contributed by atoms with E-state index in [9.17, 15) is 14.4 Å². The van der Waals surface area contributed by atoms with E-state index in [0.717, 1.165) is 25.0 Å². The Morgan fingerprint density at radius 3 is 0.963 bits per heavy atom. The highest BCUT2D eigenvalue weighted by Crippen LogP contribution is 2.39. The lowest BCUT2D eigenvalue weighted by Crippen LogP contribution is -2.42. The van der Waals surface area contributed by atoms with Gasteiger partial charge in [0.2, 0.25) is 5.91 Å². The number of amides is 3. The van der Waals surface area contributed by atoms with E-state index < -0.39 is 6.04 Å². The molecule has 2 heterocycles. The molecular weight excluding hydrogens is 1430 g/mol. The number of hydrogen-bond donors (Lipinski definition) is 6. The molecule has 0 radical (unpaired) electrons. The molecule has 646 valence electrons. The lowest BCUT2D eigenvalue weighted by Gasteiger charge is -2.27. The monoisotopic (exact) mass is 1590 g/mol. The summed E-state index contributed by atoms with van der Waals surface area (Å²) in [7, 11) is 0. The van der Waals surface area contributed by atoms with E-state index in [1.165, 1.54) is 161 Å². The third kappa shape index (κ3) is 71.0. The maximum Gasteiger partial charge on any atom is 0.315 e. The Morgan fingerprint density at radius 1 is 0.358 bits per heavy atom. The minimum atomic E-state index is -0.700. The van der Waals surface area contributed by atoms with Crippen LogP contribution >= 0.6 is 11.8 Å². The molecule has 2 aliphatic rings. The van der Waals surface area contributed by atoms with Gasteiger partial charge in [0.15, 0.2) is 5.78 Å². The molecule has 2 unspecified atom stereocenters. The molecule has 3 amide bonds. The molecule has 8 N–H and O–H groups in total. The van der Waals surface area contributed by atoms with E-state index in [1.54, 1.807) is 0 Å². The number of unbranched alkanes of at least 4 members (excludes halogenated alkanes) is 25. The molecule has 0 spiro atoms. The Kier molecular flexibility index (Phi) is 80.5. The fourth-order valence-corrected chi connectivity index (χ4v) is 14.3. The van der Waals surface area contributed by atoms with Gasteiger partial charge < -0.3 is 107 Å². The summed E-state index contributed by atoms with van der Waals surface area (Å²) in [5.41, 5.74) is 7.48. The highest BCUT2D eigenvalue weighted by Gasteiger charge is 2.46. The summed E-state index contributed by atoms with van der Waals surface area (Å²) in [6.45, 7) is 18.9. The van der Waals surface area contributed by atoms with Crippen molar-refractivity contribution in [3.63, 3.8) is 0 Å². The number of fused-ring (bicyclic) bond motifs is 1. The molecule has 29 heteroatoms. The Balaban J connectivity index is 1.63. The van der Waals surface area contributed by atoms with Crippen LogP contribution in [0.25, 0.3) is 0 Å². The molecule has 0 aromatic heterocycles. The predicted molar refractivity (Wildman–Crippen MR) is 426 cm³/mol.